The molecule has 0 aliphatic rings. The molecule has 4 nitrogen and oxygen atoms in total. The first-order valence-corrected chi connectivity index (χ1v) is 7.82. The van der Waals surface area contributed by atoms with E-state index < -0.39 is 11.7 Å². The van der Waals surface area contributed by atoms with E-state index in [4.69, 9.17) is 0 Å². The van der Waals surface area contributed by atoms with Gasteiger partial charge in [0.25, 0.3) is 5.91 Å². The zero-order valence-corrected chi connectivity index (χ0v) is 14.1. The Labute approximate surface area is 145 Å². The van der Waals surface area contributed by atoms with Crippen molar-refractivity contribution in [3.63, 3.8) is 0 Å². The van der Waals surface area contributed by atoms with Gasteiger partial charge in [-0.1, -0.05) is 15.9 Å². The Balaban J connectivity index is 1.93. The summed E-state index contributed by atoms with van der Waals surface area (Å²) in [5.41, 5.74) is 1.16. The van der Waals surface area contributed by atoms with E-state index in [-0.39, 0.29) is 11.4 Å². The van der Waals surface area contributed by atoms with E-state index in [9.17, 15) is 13.6 Å². The van der Waals surface area contributed by atoms with Gasteiger partial charge in [-0.25, -0.2) is 13.5 Å². The van der Waals surface area contributed by atoms with Gasteiger partial charge in [0.2, 0.25) is 0 Å². The van der Waals surface area contributed by atoms with Crippen LogP contribution >= 0.6 is 15.9 Å². The summed E-state index contributed by atoms with van der Waals surface area (Å²) in [5, 5.41) is 6.91. The number of nitrogens with zero attached hydrogens (tertiary/aromatic N) is 2. The Bertz CT molecular complexity index is 907. The third kappa shape index (κ3) is 3.35. The number of anilines is 1. The van der Waals surface area contributed by atoms with E-state index in [1.165, 1.54) is 41.1 Å². The Hall–Kier alpha value is -2.54. The fraction of sp³-hybridized carbons (Fsp3) is 0.0588. The van der Waals surface area contributed by atoms with E-state index in [0.29, 0.717) is 21.7 Å². The van der Waals surface area contributed by atoms with E-state index in [2.05, 4.69) is 26.3 Å². The number of halogens is 3. The molecule has 3 aromatic rings. The van der Waals surface area contributed by atoms with Crippen molar-refractivity contribution in [2.45, 2.75) is 6.92 Å². The van der Waals surface area contributed by atoms with Crippen molar-refractivity contribution in [3.05, 3.63) is 75.9 Å². The molecule has 0 saturated carbocycles. The molecule has 0 atom stereocenters. The lowest BCUT2D eigenvalue weighted by atomic mass is 10.2. The summed E-state index contributed by atoms with van der Waals surface area (Å²) in [6.07, 6.45) is 0. The van der Waals surface area contributed by atoms with Gasteiger partial charge in [0.1, 0.15) is 17.5 Å². The number of amides is 1. The summed E-state index contributed by atoms with van der Waals surface area (Å²) in [5.74, 6) is -1.23. The topological polar surface area (TPSA) is 46.9 Å². The van der Waals surface area contributed by atoms with Gasteiger partial charge in [0.15, 0.2) is 0 Å². The summed E-state index contributed by atoms with van der Waals surface area (Å²) < 4.78 is 29.0. The standard InChI is InChI=1S/C17H12BrF2N3O/c1-10-8-16(23(22-10)13-5-3-12(19)4-6-13)21-17(24)14-7-2-11(18)9-15(14)20/h2-9H,1H3,(H,21,24). The molecule has 0 fully saturated rings. The van der Waals surface area contributed by atoms with Crippen LogP contribution in [0.1, 0.15) is 16.1 Å². The summed E-state index contributed by atoms with van der Waals surface area (Å²) in [6, 6.07) is 11.5. The lowest BCUT2D eigenvalue weighted by molar-refractivity contribution is 0.102. The molecule has 0 aliphatic carbocycles. The first-order chi connectivity index (χ1) is 11.4. The molecule has 0 radical (unpaired) electrons. The lowest BCUT2D eigenvalue weighted by Crippen LogP contribution is -2.16. The van der Waals surface area contributed by atoms with Crippen LogP contribution in [-0.4, -0.2) is 15.7 Å². The summed E-state index contributed by atoms with van der Waals surface area (Å²) >= 11 is 3.15. The molecule has 0 unspecified atom stereocenters. The molecule has 1 N–H and O–H groups in total. The Morgan fingerprint density at radius 1 is 1.12 bits per heavy atom. The Morgan fingerprint density at radius 2 is 1.83 bits per heavy atom. The van der Waals surface area contributed by atoms with Crippen LogP contribution in [0.15, 0.2) is 53.0 Å². The number of hydrogen-bond donors (Lipinski definition) is 1. The Kier molecular flexibility index (Phi) is 4.44. The van der Waals surface area contributed by atoms with Gasteiger partial charge in [-0.3, -0.25) is 4.79 Å². The minimum Gasteiger partial charge on any atom is -0.306 e. The van der Waals surface area contributed by atoms with Crippen LogP contribution in [-0.2, 0) is 0 Å². The van der Waals surface area contributed by atoms with E-state index >= 15 is 0 Å². The van der Waals surface area contributed by atoms with Crippen molar-refractivity contribution in [3.8, 4) is 5.69 Å². The second-order valence-electron chi connectivity index (χ2n) is 5.14. The highest BCUT2D eigenvalue weighted by Crippen LogP contribution is 2.20. The van der Waals surface area contributed by atoms with E-state index in [1.807, 2.05) is 0 Å². The molecule has 122 valence electrons. The van der Waals surface area contributed by atoms with Crippen LogP contribution in [0.5, 0.6) is 0 Å². The maximum absolute atomic E-state index is 13.9. The van der Waals surface area contributed by atoms with Crippen LogP contribution in [0.4, 0.5) is 14.6 Å². The molecular weight excluding hydrogens is 380 g/mol. The minimum absolute atomic E-state index is 0.0808. The molecule has 2 aromatic carbocycles. The smallest absolute Gasteiger partial charge is 0.259 e. The fourth-order valence-electron chi connectivity index (χ4n) is 2.22. The summed E-state index contributed by atoms with van der Waals surface area (Å²) in [7, 11) is 0. The molecule has 1 heterocycles. The molecule has 0 spiro atoms. The average molecular weight is 392 g/mol. The Morgan fingerprint density at radius 3 is 2.50 bits per heavy atom. The number of hydrogen-bond acceptors (Lipinski definition) is 2. The molecule has 0 aliphatic heterocycles. The third-order valence-corrected chi connectivity index (χ3v) is 3.81. The van der Waals surface area contributed by atoms with Gasteiger partial charge >= 0.3 is 0 Å². The monoisotopic (exact) mass is 391 g/mol. The lowest BCUT2D eigenvalue weighted by Gasteiger charge is -2.09. The fourth-order valence-corrected chi connectivity index (χ4v) is 2.56. The quantitative estimate of drug-likeness (QED) is 0.715. The summed E-state index contributed by atoms with van der Waals surface area (Å²) in [4.78, 5) is 12.3. The van der Waals surface area contributed by atoms with Crippen LogP contribution in [0.25, 0.3) is 5.69 Å². The zero-order valence-electron chi connectivity index (χ0n) is 12.6. The number of nitrogens with one attached hydrogen (secondary N) is 1. The molecule has 7 heteroatoms. The molecule has 24 heavy (non-hydrogen) atoms. The van der Waals surface area contributed by atoms with Gasteiger partial charge in [-0.2, -0.15) is 5.10 Å². The SMILES string of the molecule is Cc1cc(NC(=O)c2ccc(Br)cc2F)n(-c2ccc(F)cc2)n1. The number of benzene rings is 2. The zero-order chi connectivity index (χ0) is 17.3. The van der Waals surface area contributed by atoms with Gasteiger partial charge in [0.05, 0.1) is 16.9 Å². The van der Waals surface area contributed by atoms with Crippen molar-refractivity contribution < 1.29 is 13.6 Å². The highest BCUT2D eigenvalue weighted by atomic mass is 79.9. The maximum atomic E-state index is 13.9. The van der Waals surface area contributed by atoms with Crippen LogP contribution in [0.2, 0.25) is 0 Å². The molecular formula is C17H12BrF2N3O. The van der Waals surface area contributed by atoms with Gasteiger partial charge in [-0.15, -0.1) is 0 Å². The first-order valence-electron chi connectivity index (χ1n) is 7.03. The van der Waals surface area contributed by atoms with Crippen LogP contribution in [0.3, 0.4) is 0 Å². The van der Waals surface area contributed by atoms with Crippen LogP contribution < -0.4 is 5.32 Å². The van der Waals surface area contributed by atoms with Crippen molar-refractivity contribution in [2.24, 2.45) is 0 Å². The third-order valence-electron chi connectivity index (χ3n) is 3.32. The van der Waals surface area contributed by atoms with E-state index in [0.717, 1.165) is 0 Å². The number of aryl methyl sites for hydroxylation is 1. The number of carbonyl (C=O) groups excluding carboxylic acids is 1. The van der Waals surface area contributed by atoms with Gasteiger partial charge in [0, 0.05) is 10.5 Å². The molecule has 0 saturated heterocycles. The normalized spacial score (nSPS) is 10.7. The van der Waals surface area contributed by atoms with Crippen LogP contribution in [0, 0.1) is 18.6 Å². The van der Waals surface area contributed by atoms with E-state index in [1.54, 1.807) is 19.1 Å². The molecule has 3 rings (SSSR count). The number of rotatable bonds is 3. The van der Waals surface area contributed by atoms with Crippen molar-refractivity contribution >= 4 is 27.7 Å². The highest BCUT2D eigenvalue weighted by molar-refractivity contribution is 9.10. The number of aromatic nitrogens is 2. The second kappa shape index (κ2) is 6.52. The highest BCUT2D eigenvalue weighted by Gasteiger charge is 2.16. The first kappa shape index (κ1) is 16.3. The van der Waals surface area contributed by atoms with Gasteiger partial charge < -0.3 is 5.32 Å². The van der Waals surface area contributed by atoms with Crippen molar-refractivity contribution in [2.75, 3.05) is 5.32 Å². The maximum Gasteiger partial charge on any atom is 0.259 e. The predicted octanol–water partition coefficient (Wildman–Crippen LogP) is 4.47. The molecule has 1 amide bonds. The average Bonchev–Trinajstić information content (AvgIpc) is 2.88. The molecule has 0 bridgehead atoms. The minimum atomic E-state index is -0.633. The second-order valence-corrected chi connectivity index (χ2v) is 6.05. The number of carbonyl (C=O) groups is 1. The predicted molar refractivity (Wildman–Crippen MR) is 90.3 cm³/mol. The van der Waals surface area contributed by atoms with Crippen molar-refractivity contribution in [1.29, 1.82) is 0 Å². The van der Waals surface area contributed by atoms with Crippen molar-refractivity contribution in [1.82, 2.24) is 9.78 Å². The summed E-state index contributed by atoms with van der Waals surface area (Å²) in [6.45, 7) is 1.76. The largest absolute Gasteiger partial charge is 0.306 e. The van der Waals surface area contributed by atoms with Gasteiger partial charge in [-0.05, 0) is 49.4 Å². The molecule has 1 aromatic heterocycles.